The summed E-state index contributed by atoms with van der Waals surface area (Å²) in [4.78, 5) is 2.51. The van der Waals surface area contributed by atoms with Gasteiger partial charge in [-0.3, -0.25) is 0 Å². The maximum absolute atomic E-state index is 2.51. The van der Waals surface area contributed by atoms with Gasteiger partial charge < -0.3 is 4.90 Å². The van der Waals surface area contributed by atoms with Gasteiger partial charge in [0.25, 0.3) is 0 Å². The fraction of sp³-hybridized carbons (Fsp3) is 0. The number of hydrogen-bond acceptors (Lipinski definition) is 2. The van der Waals surface area contributed by atoms with E-state index in [2.05, 4.69) is 217 Å². The van der Waals surface area contributed by atoms with Crippen LogP contribution < -0.4 is 4.90 Å². The van der Waals surface area contributed by atoms with Crippen molar-refractivity contribution in [1.29, 1.82) is 0 Å². The second-order valence-electron chi connectivity index (χ2n) is 14.4. The summed E-state index contributed by atoms with van der Waals surface area (Å²) in [5.41, 5.74) is 18.1. The quantitative estimate of drug-likeness (QED) is 0.170. The van der Waals surface area contributed by atoms with Crippen molar-refractivity contribution in [3.8, 4) is 66.8 Å². The predicted octanol–water partition coefficient (Wildman–Crippen LogP) is 15.8. The van der Waals surface area contributed by atoms with Crippen molar-refractivity contribution < 1.29 is 0 Å². The van der Waals surface area contributed by atoms with E-state index in [0.717, 1.165) is 17.1 Å². The first-order valence-electron chi connectivity index (χ1n) is 19.2. The Morgan fingerprint density at radius 1 is 0.286 bits per heavy atom. The van der Waals surface area contributed by atoms with Gasteiger partial charge in [-0.15, -0.1) is 11.3 Å². The molecule has 0 bridgehead atoms. The van der Waals surface area contributed by atoms with E-state index < -0.39 is 0 Å². The third kappa shape index (κ3) is 5.30. The van der Waals surface area contributed by atoms with Crippen LogP contribution in [0.2, 0.25) is 0 Å². The number of hydrogen-bond donors (Lipinski definition) is 0. The maximum Gasteiger partial charge on any atom is 0.0640 e. The lowest BCUT2D eigenvalue weighted by molar-refractivity contribution is 1.30. The second kappa shape index (κ2) is 13.4. The molecule has 0 N–H and O–H groups in total. The molecule has 0 radical (unpaired) electrons. The molecule has 0 aliphatic heterocycles. The maximum atomic E-state index is 2.51. The van der Waals surface area contributed by atoms with E-state index in [1.54, 1.807) is 0 Å². The summed E-state index contributed by atoms with van der Waals surface area (Å²) in [7, 11) is 0. The molecule has 1 aromatic heterocycles. The molecule has 1 aliphatic carbocycles. The van der Waals surface area contributed by atoms with Gasteiger partial charge in [0.15, 0.2) is 0 Å². The first-order valence-corrected chi connectivity index (χ1v) is 20.0. The Labute approximate surface area is 331 Å². The van der Waals surface area contributed by atoms with Crippen LogP contribution in [0.5, 0.6) is 0 Å². The molecule has 262 valence electrons. The standard InChI is InChI=1S/C54H35NS/c1-3-16-36(17-4-1)38-30-33-51(49(34-38)37-18-5-2-6-19-37)55(52-28-15-27-48-47-26-13-14-29-53(47)56-54(48)52)39-31-32-46-44-24-10-9-22-42(44)40-20-7-8-21-41(40)43-23-11-12-25-45(43)50(46)35-39/h1-35H. The summed E-state index contributed by atoms with van der Waals surface area (Å²) >= 11 is 1.87. The van der Waals surface area contributed by atoms with E-state index >= 15 is 0 Å². The van der Waals surface area contributed by atoms with Gasteiger partial charge in [-0.05, 0) is 97.6 Å². The molecule has 11 rings (SSSR count). The Hall–Kier alpha value is -7.00. The lowest BCUT2D eigenvalue weighted by Crippen LogP contribution is -2.12. The van der Waals surface area contributed by atoms with E-state index in [1.807, 2.05) is 11.3 Å². The van der Waals surface area contributed by atoms with Crippen molar-refractivity contribution >= 4 is 48.6 Å². The minimum atomic E-state index is 1.11. The smallest absolute Gasteiger partial charge is 0.0640 e. The van der Waals surface area contributed by atoms with Crippen LogP contribution in [0.4, 0.5) is 17.1 Å². The topological polar surface area (TPSA) is 3.24 Å². The number of rotatable bonds is 5. The first-order chi connectivity index (χ1) is 27.8. The van der Waals surface area contributed by atoms with Crippen molar-refractivity contribution in [2.45, 2.75) is 0 Å². The molecule has 0 atom stereocenters. The van der Waals surface area contributed by atoms with Crippen LogP contribution in [0.3, 0.4) is 0 Å². The summed E-state index contributed by atoms with van der Waals surface area (Å²) in [6.07, 6.45) is 0. The van der Waals surface area contributed by atoms with Gasteiger partial charge in [-0.1, -0.05) is 176 Å². The van der Waals surface area contributed by atoms with Crippen LogP contribution in [-0.4, -0.2) is 0 Å². The molecule has 1 heterocycles. The van der Waals surface area contributed by atoms with Gasteiger partial charge in [0, 0.05) is 26.7 Å². The van der Waals surface area contributed by atoms with Gasteiger partial charge in [0.05, 0.1) is 16.1 Å². The molecule has 0 unspecified atom stereocenters. The molecule has 56 heavy (non-hydrogen) atoms. The third-order valence-electron chi connectivity index (χ3n) is 11.3. The van der Waals surface area contributed by atoms with Crippen molar-refractivity contribution in [3.05, 3.63) is 212 Å². The molecular formula is C54H35NS. The summed E-state index contributed by atoms with van der Waals surface area (Å²) in [5, 5.41) is 2.57. The first kappa shape index (κ1) is 32.4. The molecule has 0 fully saturated rings. The van der Waals surface area contributed by atoms with Crippen LogP contribution in [0, 0.1) is 0 Å². The van der Waals surface area contributed by atoms with E-state index in [0.29, 0.717) is 0 Å². The number of nitrogens with zero attached hydrogens (tertiary/aromatic N) is 1. The number of anilines is 3. The average molecular weight is 730 g/mol. The highest BCUT2D eigenvalue weighted by Gasteiger charge is 2.26. The Kier molecular flexibility index (Phi) is 7.75. The van der Waals surface area contributed by atoms with E-state index in [4.69, 9.17) is 0 Å². The number of thiophene rings is 1. The normalized spacial score (nSPS) is 11.6. The van der Waals surface area contributed by atoms with Crippen LogP contribution in [-0.2, 0) is 0 Å². The molecule has 9 aromatic carbocycles. The fourth-order valence-electron chi connectivity index (χ4n) is 8.69. The summed E-state index contributed by atoms with van der Waals surface area (Å²) in [6, 6.07) is 77.9. The van der Waals surface area contributed by atoms with E-state index in [1.165, 1.54) is 86.9 Å². The van der Waals surface area contributed by atoms with Crippen molar-refractivity contribution in [1.82, 2.24) is 0 Å². The minimum absolute atomic E-state index is 1.11. The zero-order valence-corrected chi connectivity index (χ0v) is 31.4. The molecule has 0 spiro atoms. The van der Waals surface area contributed by atoms with Crippen LogP contribution >= 0.6 is 11.3 Å². The zero-order chi connectivity index (χ0) is 37.0. The van der Waals surface area contributed by atoms with Gasteiger partial charge in [-0.25, -0.2) is 0 Å². The molecular weight excluding hydrogens is 695 g/mol. The molecule has 0 saturated carbocycles. The lowest BCUT2D eigenvalue weighted by atomic mass is 9.81. The van der Waals surface area contributed by atoms with Crippen molar-refractivity contribution in [2.24, 2.45) is 0 Å². The monoisotopic (exact) mass is 729 g/mol. The van der Waals surface area contributed by atoms with Gasteiger partial charge in [-0.2, -0.15) is 0 Å². The Morgan fingerprint density at radius 3 is 1.45 bits per heavy atom. The van der Waals surface area contributed by atoms with E-state index in [9.17, 15) is 0 Å². The molecule has 0 saturated heterocycles. The number of benzene rings is 9. The second-order valence-corrected chi connectivity index (χ2v) is 15.5. The van der Waals surface area contributed by atoms with Gasteiger partial charge in [0.1, 0.15) is 0 Å². The van der Waals surface area contributed by atoms with Crippen molar-refractivity contribution in [2.75, 3.05) is 4.90 Å². The number of fused-ring (bicyclic) bond motifs is 11. The molecule has 1 aliphatic rings. The van der Waals surface area contributed by atoms with Gasteiger partial charge >= 0.3 is 0 Å². The fourth-order valence-corrected chi connectivity index (χ4v) is 9.90. The predicted molar refractivity (Wildman–Crippen MR) is 240 cm³/mol. The molecule has 2 heteroatoms. The van der Waals surface area contributed by atoms with Crippen LogP contribution in [0.15, 0.2) is 212 Å². The Balaban J connectivity index is 1.22. The highest BCUT2D eigenvalue weighted by Crippen LogP contribution is 2.52. The Morgan fingerprint density at radius 2 is 0.804 bits per heavy atom. The average Bonchev–Trinajstić information content (AvgIpc) is 3.66. The zero-order valence-electron chi connectivity index (χ0n) is 30.6. The molecule has 1 nitrogen and oxygen atoms in total. The minimum Gasteiger partial charge on any atom is -0.308 e. The third-order valence-corrected chi connectivity index (χ3v) is 12.5. The summed E-state index contributed by atoms with van der Waals surface area (Å²) in [5.74, 6) is 0. The molecule has 10 aromatic rings. The van der Waals surface area contributed by atoms with Crippen LogP contribution in [0.1, 0.15) is 0 Å². The Bertz CT molecular complexity index is 3080. The lowest BCUT2D eigenvalue weighted by Gasteiger charge is -2.30. The SMILES string of the molecule is c1ccc(-c2ccc(N(c3ccc4c(c3)-c3ccccc3-c3ccccc3-c3ccccc3-4)c3cccc4c3sc3ccccc34)c(-c3ccccc3)c2)cc1. The van der Waals surface area contributed by atoms with Gasteiger partial charge in [0.2, 0.25) is 0 Å². The van der Waals surface area contributed by atoms with Crippen molar-refractivity contribution in [3.63, 3.8) is 0 Å². The summed E-state index contributed by atoms with van der Waals surface area (Å²) < 4.78 is 2.56. The highest BCUT2D eigenvalue weighted by molar-refractivity contribution is 7.26. The molecule has 0 amide bonds. The van der Waals surface area contributed by atoms with E-state index in [-0.39, 0.29) is 0 Å². The summed E-state index contributed by atoms with van der Waals surface area (Å²) in [6.45, 7) is 0. The van der Waals surface area contributed by atoms with Crippen LogP contribution in [0.25, 0.3) is 86.9 Å². The largest absolute Gasteiger partial charge is 0.308 e. The highest BCUT2D eigenvalue weighted by atomic mass is 32.1.